The van der Waals surface area contributed by atoms with Crippen molar-refractivity contribution >= 4 is 38.8 Å². The lowest BCUT2D eigenvalue weighted by molar-refractivity contribution is 0.441. The fourth-order valence-electron chi connectivity index (χ4n) is 2.94. The Morgan fingerprint density at radius 2 is 2.11 bits per heavy atom. The maximum Gasteiger partial charge on any atom is 0.131 e. The Labute approximate surface area is 176 Å². The van der Waals surface area contributed by atoms with Gasteiger partial charge in [-0.15, -0.1) is 17.8 Å². The van der Waals surface area contributed by atoms with Crippen LogP contribution in [-0.2, 0) is 6.54 Å². The number of furan rings is 1. The van der Waals surface area contributed by atoms with Gasteiger partial charge in [-0.25, -0.2) is 4.98 Å². The standard InChI is InChI=1S/C14H9ClN2OS.C6H13N.C2H6/c1-2-9-8-19-14-11(6-12(15)17-13(9)14)16-7-10-4-3-5-18-10;7-6-4-2-1-3-5-6;1-2/h1,3-6,8H,7H2,(H,16,17);6H,1-5,7H2;1-2H3. The molecule has 0 bridgehead atoms. The van der Waals surface area contributed by atoms with E-state index in [9.17, 15) is 0 Å². The zero-order chi connectivity index (χ0) is 20.4. The highest BCUT2D eigenvalue weighted by Gasteiger charge is 2.10. The predicted molar refractivity (Wildman–Crippen MR) is 121 cm³/mol. The Morgan fingerprint density at radius 3 is 2.68 bits per heavy atom. The molecule has 0 unspecified atom stereocenters. The summed E-state index contributed by atoms with van der Waals surface area (Å²) < 4.78 is 6.29. The van der Waals surface area contributed by atoms with Crippen LogP contribution in [0, 0.1) is 12.3 Å². The molecule has 3 aromatic rings. The van der Waals surface area contributed by atoms with Gasteiger partial charge in [0.05, 0.1) is 28.8 Å². The van der Waals surface area contributed by atoms with Gasteiger partial charge in [-0.1, -0.05) is 50.6 Å². The Hall–Kier alpha value is -2.00. The van der Waals surface area contributed by atoms with E-state index in [1.807, 2.05) is 31.4 Å². The maximum absolute atomic E-state index is 6.03. The van der Waals surface area contributed by atoms with Crippen LogP contribution in [0.1, 0.15) is 57.3 Å². The van der Waals surface area contributed by atoms with Gasteiger partial charge in [-0.3, -0.25) is 0 Å². The monoisotopic (exact) mass is 417 g/mol. The maximum atomic E-state index is 6.03. The van der Waals surface area contributed by atoms with Crippen molar-refractivity contribution in [2.75, 3.05) is 5.32 Å². The highest BCUT2D eigenvalue weighted by Crippen LogP contribution is 2.33. The smallest absolute Gasteiger partial charge is 0.131 e. The molecule has 0 saturated heterocycles. The molecule has 1 aliphatic rings. The van der Waals surface area contributed by atoms with E-state index in [1.54, 1.807) is 23.7 Å². The molecule has 4 rings (SSSR count). The summed E-state index contributed by atoms with van der Waals surface area (Å²) in [6, 6.07) is 6.10. The molecule has 4 nitrogen and oxygen atoms in total. The van der Waals surface area contributed by atoms with E-state index in [1.165, 1.54) is 32.1 Å². The van der Waals surface area contributed by atoms with Gasteiger partial charge in [0.1, 0.15) is 16.4 Å². The molecule has 1 fully saturated rings. The number of nitrogens with two attached hydrogens (primary N) is 1. The van der Waals surface area contributed by atoms with Gasteiger partial charge in [0, 0.05) is 17.5 Å². The molecule has 1 saturated carbocycles. The number of anilines is 1. The molecule has 0 amide bonds. The van der Waals surface area contributed by atoms with Crippen LogP contribution < -0.4 is 11.1 Å². The number of hydrogen-bond acceptors (Lipinski definition) is 5. The third-order valence-corrected chi connectivity index (χ3v) is 5.53. The van der Waals surface area contributed by atoms with Gasteiger partial charge in [0.2, 0.25) is 0 Å². The quantitative estimate of drug-likeness (QED) is 0.380. The van der Waals surface area contributed by atoms with Crippen LogP contribution in [0.25, 0.3) is 10.2 Å². The van der Waals surface area contributed by atoms with Crippen molar-refractivity contribution in [1.29, 1.82) is 0 Å². The first-order valence-corrected chi connectivity index (χ1v) is 11.0. The summed E-state index contributed by atoms with van der Waals surface area (Å²) >= 11 is 7.59. The summed E-state index contributed by atoms with van der Waals surface area (Å²) in [5.74, 6) is 3.47. The average Bonchev–Trinajstić information content (AvgIpc) is 3.38. The van der Waals surface area contributed by atoms with Crippen molar-refractivity contribution in [3.8, 4) is 12.3 Å². The second-order valence-electron chi connectivity index (χ2n) is 6.29. The van der Waals surface area contributed by atoms with Crippen LogP contribution >= 0.6 is 22.9 Å². The molecule has 1 aliphatic carbocycles. The van der Waals surface area contributed by atoms with Gasteiger partial charge in [-0.05, 0) is 25.0 Å². The summed E-state index contributed by atoms with van der Waals surface area (Å²) in [4.78, 5) is 4.28. The van der Waals surface area contributed by atoms with E-state index >= 15 is 0 Å². The summed E-state index contributed by atoms with van der Waals surface area (Å²) in [6.07, 6.45) is 13.8. The molecule has 0 aromatic carbocycles. The first-order valence-electron chi connectivity index (χ1n) is 9.73. The van der Waals surface area contributed by atoms with Crippen LogP contribution in [0.5, 0.6) is 0 Å². The normalized spacial score (nSPS) is 13.7. The Kier molecular flexibility index (Phi) is 9.36. The van der Waals surface area contributed by atoms with Crippen LogP contribution in [0.3, 0.4) is 0 Å². The number of hydrogen-bond donors (Lipinski definition) is 2. The third-order valence-electron chi connectivity index (χ3n) is 4.33. The van der Waals surface area contributed by atoms with Crippen molar-refractivity contribution in [2.24, 2.45) is 5.73 Å². The van der Waals surface area contributed by atoms with Crippen molar-refractivity contribution in [3.63, 3.8) is 0 Å². The van der Waals surface area contributed by atoms with Crippen LogP contribution in [0.15, 0.2) is 34.3 Å². The predicted octanol–water partition coefficient (Wildman–Crippen LogP) is 6.44. The summed E-state index contributed by atoms with van der Waals surface area (Å²) in [6.45, 7) is 4.59. The second kappa shape index (κ2) is 11.8. The molecule has 3 N–H and O–H groups in total. The average molecular weight is 418 g/mol. The molecular weight excluding hydrogens is 390 g/mol. The van der Waals surface area contributed by atoms with E-state index in [-0.39, 0.29) is 0 Å². The number of nitrogens with one attached hydrogen (secondary N) is 1. The Morgan fingerprint density at radius 1 is 1.36 bits per heavy atom. The first-order chi connectivity index (χ1) is 13.7. The zero-order valence-corrected chi connectivity index (χ0v) is 18.1. The molecule has 3 aromatic heterocycles. The lowest BCUT2D eigenvalue weighted by Gasteiger charge is -2.15. The van der Waals surface area contributed by atoms with Crippen LogP contribution in [0.2, 0.25) is 5.15 Å². The minimum Gasteiger partial charge on any atom is -0.467 e. The minimum absolute atomic E-state index is 0.421. The Bertz CT molecular complexity index is 877. The number of rotatable bonds is 3. The number of fused-ring (bicyclic) bond motifs is 1. The van der Waals surface area contributed by atoms with Gasteiger partial charge in [0.25, 0.3) is 0 Å². The fourth-order valence-corrected chi connectivity index (χ4v) is 4.08. The van der Waals surface area contributed by atoms with Gasteiger partial charge in [0.15, 0.2) is 0 Å². The number of pyridine rings is 1. The lowest BCUT2D eigenvalue weighted by Crippen LogP contribution is -2.22. The summed E-state index contributed by atoms with van der Waals surface area (Å²) in [5, 5.41) is 5.62. The molecule has 28 heavy (non-hydrogen) atoms. The second-order valence-corrected chi connectivity index (χ2v) is 7.56. The van der Waals surface area contributed by atoms with E-state index in [4.69, 9.17) is 28.2 Å². The van der Waals surface area contributed by atoms with Crippen molar-refractivity contribution in [3.05, 3.63) is 46.3 Å². The highest BCUT2D eigenvalue weighted by atomic mass is 35.5. The van der Waals surface area contributed by atoms with Crippen LogP contribution in [-0.4, -0.2) is 11.0 Å². The molecule has 0 radical (unpaired) electrons. The van der Waals surface area contributed by atoms with E-state index < -0.39 is 0 Å². The Balaban J connectivity index is 0.000000261. The van der Waals surface area contributed by atoms with Crippen molar-refractivity contribution in [1.82, 2.24) is 4.98 Å². The van der Waals surface area contributed by atoms with Gasteiger partial charge in [-0.2, -0.15) is 0 Å². The SMILES string of the molecule is C#Cc1csc2c(NCc3ccco3)cc(Cl)nc12.CC.NC1CCCCC1. The van der Waals surface area contributed by atoms with E-state index in [0.29, 0.717) is 17.7 Å². The highest BCUT2D eigenvalue weighted by molar-refractivity contribution is 7.18. The molecule has 3 heterocycles. The number of nitrogens with zero attached hydrogens (tertiary/aromatic N) is 1. The molecule has 0 atom stereocenters. The van der Waals surface area contributed by atoms with Gasteiger partial charge >= 0.3 is 0 Å². The molecule has 0 aliphatic heterocycles. The topological polar surface area (TPSA) is 64.1 Å². The van der Waals surface area contributed by atoms with E-state index in [0.717, 1.165) is 27.2 Å². The van der Waals surface area contributed by atoms with E-state index in [2.05, 4.69) is 16.2 Å². The number of terminal acetylenes is 1. The molecule has 150 valence electrons. The molecule has 0 spiro atoms. The fraction of sp³-hybridized carbons (Fsp3) is 0.409. The summed E-state index contributed by atoms with van der Waals surface area (Å²) in [5.41, 5.74) is 8.08. The first kappa shape index (κ1) is 22.3. The molecule has 6 heteroatoms. The zero-order valence-electron chi connectivity index (χ0n) is 16.5. The van der Waals surface area contributed by atoms with Gasteiger partial charge < -0.3 is 15.5 Å². The van der Waals surface area contributed by atoms with Crippen LogP contribution in [0.4, 0.5) is 5.69 Å². The minimum atomic E-state index is 0.421. The lowest BCUT2D eigenvalue weighted by atomic mass is 9.97. The van der Waals surface area contributed by atoms with Crippen molar-refractivity contribution < 1.29 is 4.42 Å². The number of thiophene rings is 1. The third kappa shape index (κ3) is 6.27. The number of aromatic nitrogens is 1. The molecular formula is C22H28ClN3OS. The largest absolute Gasteiger partial charge is 0.467 e. The van der Waals surface area contributed by atoms with Crippen molar-refractivity contribution in [2.45, 2.75) is 58.5 Å². The summed E-state index contributed by atoms with van der Waals surface area (Å²) in [7, 11) is 0. The number of halogens is 1.